The molecule has 3 heterocycles. The van der Waals surface area contributed by atoms with Crippen LogP contribution in [0, 0.1) is 12.8 Å². The highest BCUT2D eigenvalue weighted by Crippen LogP contribution is 2.31. The molecule has 8 heteroatoms. The Kier molecular flexibility index (Phi) is 5.53. The number of rotatable bonds is 4. The molecule has 2 aromatic rings. The number of anilines is 2. The number of thiazole rings is 1. The van der Waals surface area contributed by atoms with Gasteiger partial charge in [0.2, 0.25) is 11.8 Å². The smallest absolute Gasteiger partial charge is 0.231 e. The van der Waals surface area contributed by atoms with Gasteiger partial charge >= 0.3 is 0 Å². The van der Waals surface area contributed by atoms with Gasteiger partial charge in [-0.15, -0.1) is 11.3 Å². The zero-order valence-corrected chi connectivity index (χ0v) is 18.4. The highest BCUT2D eigenvalue weighted by atomic mass is 79.9. The van der Waals surface area contributed by atoms with Crippen molar-refractivity contribution in [2.45, 2.75) is 33.2 Å². The Bertz CT molecular complexity index is 929. The van der Waals surface area contributed by atoms with E-state index in [0.29, 0.717) is 11.7 Å². The van der Waals surface area contributed by atoms with Gasteiger partial charge in [0.15, 0.2) is 5.13 Å². The molecule has 2 aliphatic rings. The standard InChI is InChI=1S/C20H23BrN4O2S/c1-3-24-7-6-16-17(11-24)28-20(22-16)23-19(27)13-9-18(26)25(10-13)14-4-5-15(21)12(2)8-14/h4-5,8,13H,3,6-7,9-11H2,1-2H3,(H,22,23,27). The maximum absolute atomic E-state index is 12.8. The van der Waals surface area contributed by atoms with E-state index < -0.39 is 0 Å². The minimum atomic E-state index is -0.357. The summed E-state index contributed by atoms with van der Waals surface area (Å²) in [5.74, 6) is -0.494. The maximum Gasteiger partial charge on any atom is 0.231 e. The van der Waals surface area contributed by atoms with Gasteiger partial charge in [-0.05, 0) is 37.2 Å². The number of halogens is 1. The van der Waals surface area contributed by atoms with Gasteiger partial charge in [0.25, 0.3) is 0 Å². The van der Waals surface area contributed by atoms with Crippen LogP contribution in [0.25, 0.3) is 0 Å². The van der Waals surface area contributed by atoms with Gasteiger partial charge < -0.3 is 10.2 Å². The van der Waals surface area contributed by atoms with Crippen molar-refractivity contribution in [3.63, 3.8) is 0 Å². The van der Waals surface area contributed by atoms with Crippen LogP contribution in [0.15, 0.2) is 22.7 Å². The highest BCUT2D eigenvalue weighted by Gasteiger charge is 2.35. The minimum Gasteiger partial charge on any atom is -0.312 e. The summed E-state index contributed by atoms with van der Waals surface area (Å²) >= 11 is 5.04. The van der Waals surface area contributed by atoms with Gasteiger partial charge in [0, 0.05) is 47.5 Å². The number of amides is 2. The summed E-state index contributed by atoms with van der Waals surface area (Å²) in [6.07, 6.45) is 1.16. The molecule has 1 atom stereocenters. The molecule has 1 aromatic heterocycles. The summed E-state index contributed by atoms with van der Waals surface area (Å²) in [5, 5.41) is 3.60. The fourth-order valence-corrected chi connectivity index (χ4v) is 5.01. The van der Waals surface area contributed by atoms with Gasteiger partial charge in [-0.25, -0.2) is 4.98 Å². The van der Waals surface area contributed by atoms with Crippen molar-refractivity contribution in [1.82, 2.24) is 9.88 Å². The number of nitrogens with zero attached hydrogens (tertiary/aromatic N) is 3. The number of nitrogens with one attached hydrogen (secondary N) is 1. The fraction of sp³-hybridized carbons (Fsp3) is 0.450. The Labute approximate surface area is 177 Å². The van der Waals surface area contributed by atoms with Crippen molar-refractivity contribution in [1.29, 1.82) is 0 Å². The quantitative estimate of drug-likeness (QED) is 0.753. The molecule has 28 heavy (non-hydrogen) atoms. The predicted octanol–water partition coefficient (Wildman–Crippen LogP) is 3.58. The Hall–Kier alpha value is -1.77. The summed E-state index contributed by atoms with van der Waals surface area (Å²) in [7, 11) is 0. The lowest BCUT2D eigenvalue weighted by atomic mass is 10.1. The summed E-state index contributed by atoms with van der Waals surface area (Å²) in [6.45, 7) is 7.49. The third-order valence-corrected chi connectivity index (χ3v) is 7.32. The lowest BCUT2D eigenvalue weighted by Crippen LogP contribution is -2.29. The number of fused-ring (bicyclic) bond motifs is 1. The molecule has 4 rings (SSSR count). The van der Waals surface area contributed by atoms with Crippen molar-refractivity contribution in [2.75, 3.05) is 29.9 Å². The summed E-state index contributed by atoms with van der Waals surface area (Å²) in [4.78, 5) is 35.2. The molecule has 0 radical (unpaired) electrons. The molecule has 1 aromatic carbocycles. The van der Waals surface area contributed by atoms with E-state index in [1.807, 2.05) is 25.1 Å². The SMILES string of the molecule is CCN1CCc2nc(NC(=O)C3CC(=O)N(c4ccc(Br)c(C)c4)C3)sc2C1. The van der Waals surface area contributed by atoms with E-state index in [0.717, 1.165) is 47.5 Å². The lowest BCUT2D eigenvalue weighted by molar-refractivity contribution is -0.122. The number of carbonyl (C=O) groups excluding carboxylic acids is 2. The number of likely N-dealkylation sites (N-methyl/N-ethyl adjacent to an activating group) is 1. The Morgan fingerprint density at radius 2 is 2.25 bits per heavy atom. The van der Waals surface area contributed by atoms with Crippen LogP contribution >= 0.6 is 27.3 Å². The zero-order valence-electron chi connectivity index (χ0n) is 16.0. The summed E-state index contributed by atoms with van der Waals surface area (Å²) < 4.78 is 1.01. The van der Waals surface area contributed by atoms with Crippen molar-refractivity contribution >= 4 is 49.9 Å². The molecule has 0 spiro atoms. The van der Waals surface area contributed by atoms with E-state index in [4.69, 9.17) is 0 Å². The van der Waals surface area contributed by atoms with E-state index >= 15 is 0 Å². The second kappa shape index (κ2) is 7.93. The molecule has 1 saturated heterocycles. The molecule has 148 valence electrons. The van der Waals surface area contributed by atoms with Crippen molar-refractivity contribution < 1.29 is 9.59 Å². The molecule has 0 aliphatic carbocycles. The first-order chi connectivity index (χ1) is 13.4. The average molecular weight is 463 g/mol. The van der Waals surface area contributed by atoms with Gasteiger partial charge in [-0.1, -0.05) is 22.9 Å². The van der Waals surface area contributed by atoms with E-state index in [1.54, 1.807) is 16.2 Å². The van der Waals surface area contributed by atoms with E-state index in [9.17, 15) is 9.59 Å². The highest BCUT2D eigenvalue weighted by molar-refractivity contribution is 9.10. The third-order valence-electron chi connectivity index (χ3n) is 5.44. The van der Waals surface area contributed by atoms with E-state index in [1.165, 1.54) is 4.88 Å². The molecule has 6 nitrogen and oxygen atoms in total. The number of benzene rings is 1. The molecule has 2 amide bonds. The molecule has 0 saturated carbocycles. The monoisotopic (exact) mass is 462 g/mol. The number of carbonyl (C=O) groups is 2. The van der Waals surface area contributed by atoms with Crippen LogP contribution in [-0.2, 0) is 22.6 Å². The largest absolute Gasteiger partial charge is 0.312 e. The van der Waals surface area contributed by atoms with Gasteiger partial charge in [0.05, 0.1) is 11.6 Å². The Balaban J connectivity index is 1.43. The van der Waals surface area contributed by atoms with Crippen LogP contribution < -0.4 is 10.2 Å². The van der Waals surface area contributed by atoms with Crippen LogP contribution in [-0.4, -0.2) is 41.3 Å². The van der Waals surface area contributed by atoms with Gasteiger partial charge in [-0.3, -0.25) is 14.5 Å². The average Bonchev–Trinajstić information content (AvgIpc) is 3.26. The Morgan fingerprint density at radius 1 is 1.43 bits per heavy atom. The van der Waals surface area contributed by atoms with Crippen molar-refractivity contribution in [3.8, 4) is 0 Å². The number of aryl methyl sites for hydroxylation is 1. The van der Waals surface area contributed by atoms with Crippen LogP contribution in [0.5, 0.6) is 0 Å². The van der Waals surface area contributed by atoms with Gasteiger partial charge in [0.1, 0.15) is 0 Å². The maximum atomic E-state index is 12.8. The van der Waals surface area contributed by atoms with Crippen LogP contribution in [0.1, 0.15) is 29.5 Å². The minimum absolute atomic E-state index is 0.0149. The summed E-state index contributed by atoms with van der Waals surface area (Å²) in [6, 6.07) is 5.81. The predicted molar refractivity (Wildman–Crippen MR) is 115 cm³/mol. The second-order valence-corrected chi connectivity index (χ2v) is 9.27. The topological polar surface area (TPSA) is 65.5 Å². The van der Waals surface area contributed by atoms with E-state index in [-0.39, 0.29) is 24.2 Å². The second-order valence-electron chi connectivity index (χ2n) is 7.34. The lowest BCUT2D eigenvalue weighted by Gasteiger charge is -2.23. The number of hydrogen-bond acceptors (Lipinski definition) is 5. The first kappa shape index (κ1) is 19.5. The number of aromatic nitrogens is 1. The fourth-order valence-electron chi connectivity index (χ4n) is 3.71. The van der Waals surface area contributed by atoms with Gasteiger partial charge in [-0.2, -0.15) is 0 Å². The normalized spacial score (nSPS) is 19.8. The summed E-state index contributed by atoms with van der Waals surface area (Å²) in [5.41, 5.74) is 3.00. The van der Waals surface area contributed by atoms with E-state index in [2.05, 4.69) is 38.1 Å². The van der Waals surface area contributed by atoms with Crippen LogP contribution in [0.3, 0.4) is 0 Å². The number of hydrogen-bond donors (Lipinski definition) is 1. The molecule has 0 bridgehead atoms. The van der Waals surface area contributed by atoms with Crippen LogP contribution in [0.4, 0.5) is 10.8 Å². The molecular weight excluding hydrogens is 440 g/mol. The molecule has 1 fully saturated rings. The third kappa shape index (κ3) is 3.86. The zero-order chi connectivity index (χ0) is 19.8. The first-order valence-electron chi connectivity index (χ1n) is 9.53. The molecule has 1 N–H and O–H groups in total. The molecule has 2 aliphatic heterocycles. The van der Waals surface area contributed by atoms with Crippen molar-refractivity contribution in [2.24, 2.45) is 5.92 Å². The van der Waals surface area contributed by atoms with Crippen LogP contribution in [0.2, 0.25) is 0 Å². The molecular formula is C20H23BrN4O2S. The van der Waals surface area contributed by atoms with Crippen molar-refractivity contribution in [3.05, 3.63) is 38.8 Å². The molecule has 1 unspecified atom stereocenters. The first-order valence-corrected chi connectivity index (χ1v) is 11.1. The Morgan fingerprint density at radius 3 is 3.00 bits per heavy atom.